The van der Waals surface area contributed by atoms with E-state index in [0.717, 1.165) is 13.1 Å². The molecule has 1 aromatic heterocycles. The van der Waals surface area contributed by atoms with E-state index < -0.39 is 5.91 Å². The van der Waals surface area contributed by atoms with Crippen molar-refractivity contribution in [1.29, 1.82) is 0 Å². The Morgan fingerprint density at radius 1 is 1.38 bits per heavy atom. The van der Waals surface area contributed by atoms with Gasteiger partial charge in [0.25, 0.3) is 5.91 Å². The summed E-state index contributed by atoms with van der Waals surface area (Å²) in [5.41, 5.74) is 6.80. The van der Waals surface area contributed by atoms with Crippen molar-refractivity contribution >= 4 is 17.5 Å². The van der Waals surface area contributed by atoms with E-state index in [4.69, 9.17) is 5.73 Å². The Morgan fingerprint density at radius 2 is 2.19 bits per heavy atom. The first-order valence-electron chi connectivity index (χ1n) is 9.00. The lowest BCUT2D eigenvalue weighted by molar-refractivity contribution is -0.117. The van der Waals surface area contributed by atoms with Gasteiger partial charge in [0, 0.05) is 12.6 Å². The number of carbonyl (C=O) groups excluding carboxylic acids is 2. The van der Waals surface area contributed by atoms with E-state index in [9.17, 15) is 9.59 Å². The third kappa shape index (κ3) is 4.29. The SMILES string of the molecule is CC(CC(=O)Nc1ccccc1-n1ccc(C(N)=O)n1)C1CCCNC1. The first-order chi connectivity index (χ1) is 12.5. The molecule has 7 nitrogen and oxygen atoms in total. The maximum atomic E-state index is 12.5. The average molecular weight is 355 g/mol. The second-order valence-corrected chi connectivity index (χ2v) is 6.86. The van der Waals surface area contributed by atoms with Crippen LogP contribution < -0.4 is 16.4 Å². The molecule has 7 heteroatoms. The Kier molecular flexibility index (Phi) is 5.68. The highest BCUT2D eigenvalue weighted by atomic mass is 16.2. The zero-order valence-corrected chi connectivity index (χ0v) is 14.9. The third-order valence-corrected chi connectivity index (χ3v) is 4.91. The Morgan fingerprint density at radius 3 is 2.88 bits per heavy atom. The van der Waals surface area contributed by atoms with Crippen LogP contribution in [0.1, 0.15) is 36.7 Å². The van der Waals surface area contributed by atoms with Gasteiger partial charge in [0.2, 0.25) is 5.91 Å². The van der Waals surface area contributed by atoms with Gasteiger partial charge in [-0.15, -0.1) is 0 Å². The fourth-order valence-corrected chi connectivity index (χ4v) is 3.39. The van der Waals surface area contributed by atoms with Crippen LogP contribution in [0.5, 0.6) is 0 Å². The largest absolute Gasteiger partial charge is 0.364 e. The molecular weight excluding hydrogens is 330 g/mol. The quantitative estimate of drug-likeness (QED) is 0.737. The number of nitrogens with one attached hydrogen (secondary N) is 2. The molecule has 2 heterocycles. The van der Waals surface area contributed by atoms with Crippen LogP contribution in [0.3, 0.4) is 0 Å². The van der Waals surface area contributed by atoms with Crippen LogP contribution >= 0.6 is 0 Å². The summed E-state index contributed by atoms with van der Waals surface area (Å²) >= 11 is 0. The van der Waals surface area contributed by atoms with E-state index in [1.165, 1.54) is 12.8 Å². The molecule has 2 unspecified atom stereocenters. The summed E-state index contributed by atoms with van der Waals surface area (Å²) in [6, 6.07) is 8.92. The number of para-hydroxylation sites is 2. The van der Waals surface area contributed by atoms with Crippen LogP contribution in [-0.2, 0) is 4.79 Å². The van der Waals surface area contributed by atoms with Gasteiger partial charge in [-0.3, -0.25) is 9.59 Å². The summed E-state index contributed by atoms with van der Waals surface area (Å²) in [5.74, 6) is 0.258. The normalized spacial score (nSPS) is 18.3. The summed E-state index contributed by atoms with van der Waals surface area (Å²) in [4.78, 5) is 23.8. The maximum Gasteiger partial charge on any atom is 0.269 e. The number of piperidine rings is 1. The molecule has 0 aliphatic carbocycles. The van der Waals surface area contributed by atoms with Gasteiger partial charge in [0.1, 0.15) is 5.69 Å². The van der Waals surface area contributed by atoms with Gasteiger partial charge in [-0.05, 0) is 56.0 Å². The minimum Gasteiger partial charge on any atom is -0.364 e. The van der Waals surface area contributed by atoms with Gasteiger partial charge in [0.05, 0.1) is 11.4 Å². The number of carbonyl (C=O) groups is 2. The van der Waals surface area contributed by atoms with Gasteiger partial charge in [-0.25, -0.2) is 4.68 Å². The van der Waals surface area contributed by atoms with E-state index in [2.05, 4.69) is 22.7 Å². The first kappa shape index (κ1) is 18.1. The molecule has 3 rings (SSSR count). The topological polar surface area (TPSA) is 102 Å². The Balaban J connectivity index is 1.69. The zero-order chi connectivity index (χ0) is 18.5. The summed E-state index contributed by atoms with van der Waals surface area (Å²) in [7, 11) is 0. The van der Waals surface area contributed by atoms with Crippen molar-refractivity contribution in [2.75, 3.05) is 18.4 Å². The number of hydrogen-bond donors (Lipinski definition) is 3. The number of nitrogens with zero attached hydrogens (tertiary/aromatic N) is 2. The number of rotatable bonds is 6. The molecule has 1 aliphatic rings. The predicted octanol–water partition coefficient (Wildman–Crippen LogP) is 1.94. The number of primary amides is 1. The summed E-state index contributed by atoms with van der Waals surface area (Å²) in [6.45, 7) is 4.18. The van der Waals surface area contributed by atoms with Gasteiger partial charge >= 0.3 is 0 Å². The van der Waals surface area contributed by atoms with Crippen molar-refractivity contribution in [2.45, 2.75) is 26.2 Å². The van der Waals surface area contributed by atoms with E-state index >= 15 is 0 Å². The van der Waals surface area contributed by atoms with Gasteiger partial charge in [-0.1, -0.05) is 19.1 Å². The van der Waals surface area contributed by atoms with Crippen molar-refractivity contribution in [3.8, 4) is 5.69 Å². The molecule has 2 aromatic rings. The molecular formula is C19H25N5O2. The molecule has 0 saturated carbocycles. The molecule has 138 valence electrons. The smallest absolute Gasteiger partial charge is 0.269 e. The second kappa shape index (κ2) is 8.14. The van der Waals surface area contributed by atoms with Crippen LogP contribution in [0, 0.1) is 11.8 Å². The van der Waals surface area contributed by atoms with Crippen LogP contribution in [0.25, 0.3) is 5.69 Å². The Labute approximate surface area is 153 Å². The number of benzene rings is 1. The van der Waals surface area contributed by atoms with E-state index in [1.54, 1.807) is 16.9 Å². The molecule has 2 amide bonds. The highest BCUT2D eigenvalue weighted by Gasteiger charge is 2.22. The molecule has 1 fully saturated rings. The molecule has 0 spiro atoms. The predicted molar refractivity (Wildman–Crippen MR) is 100 cm³/mol. The van der Waals surface area contributed by atoms with Crippen LogP contribution in [0.15, 0.2) is 36.5 Å². The van der Waals surface area contributed by atoms with Crippen molar-refractivity contribution < 1.29 is 9.59 Å². The molecule has 26 heavy (non-hydrogen) atoms. The van der Waals surface area contributed by atoms with E-state index in [0.29, 0.717) is 29.6 Å². The van der Waals surface area contributed by atoms with E-state index in [1.807, 2.05) is 24.3 Å². The van der Waals surface area contributed by atoms with E-state index in [-0.39, 0.29) is 11.6 Å². The number of amides is 2. The number of nitrogens with two attached hydrogens (primary N) is 1. The first-order valence-corrected chi connectivity index (χ1v) is 9.00. The molecule has 1 aromatic carbocycles. The summed E-state index contributed by atoms with van der Waals surface area (Å²) < 4.78 is 1.55. The number of aromatic nitrogens is 2. The maximum absolute atomic E-state index is 12.5. The lowest BCUT2D eigenvalue weighted by atomic mass is 9.85. The second-order valence-electron chi connectivity index (χ2n) is 6.86. The summed E-state index contributed by atoms with van der Waals surface area (Å²) in [5, 5.41) is 10.5. The summed E-state index contributed by atoms with van der Waals surface area (Å²) in [6.07, 6.45) is 4.47. The standard InChI is InChI=1S/C19H25N5O2/c1-13(14-5-4-9-21-12-14)11-18(25)22-15-6-2-3-7-17(15)24-10-8-16(23-24)19(20)26/h2-3,6-8,10,13-14,21H,4-5,9,11-12H2,1H3,(H2,20,26)(H,22,25). The number of hydrogen-bond acceptors (Lipinski definition) is 4. The molecule has 0 bridgehead atoms. The monoisotopic (exact) mass is 355 g/mol. The lowest BCUT2D eigenvalue weighted by Crippen LogP contribution is -2.34. The van der Waals surface area contributed by atoms with Gasteiger partial charge < -0.3 is 16.4 Å². The lowest BCUT2D eigenvalue weighted by Gasteiger charge is -2.28. The molecule has 1 aliphatic heterocycles. The van der Waals surface area contributed by atoms with Crippen LogP contribution in [-0.4, -0.2) is 34.7 Å². The third-order valence-electron chi connectivity index (χ3n) is 4.91. The number of anilines is 1. The fraction of sp³-hybridized carbons (Fsp3) is 0.421. The minimum absolute atomic E-state index is 0.0159. The van der Waals surface area contributed by atoms with Gasteiger partial charge in [-0.2, -0.15) is 5.10 Å². The van der Waals surface area contributed by atoms with Crippen molar-refractivity contribution in [3.05, 3.63) is 42.2 Å². The average Bonchev–Trinajstić information content (AvgIpc) is 3.13. The molecule has 2 atom stereocenters. The molecule has 4 N–H and O–H groups in total. The van der Waals surface area contributed by atoms with Crippen molar-refractivity contribution in [2.24, 2.45) is 17.6 Å². The highest BCUT2D eigenvalue weighted by molar-refractivity contribution is 5.93. The fourth-order valence-electron chi connectivity index (χ4n) is 3.39. The zero-order valence-electron chi connectivity index (χ0n) is 14.9. The Bertz CT molecular complexity index is 780. The van der Waals surface area contributed by atoms with Gasteiger partial charge in [0.15, 0.2) is 0 Å². The van der Waals surface area contributed by atoms with Crippen molar-refractivity contribution in [3.63, 3.8) is 0 Å². The van der Waals surface area contributed by atoms with Crippen LogP contribution in [0.4, 0.5) is 5.69 Å². The molecule has 1 saturated heterocycles. The van der Waals surface area contributed by atoms with Crippen LogP contribution in [0.2, 0.25) is 0 Å². The molecule has 0 radical (unpaired) electrons. The Hall–Kier alpha value is -2.67. The van der Waals surface area contributed by atoms with Crippen molar-refractivity contribution in [1.82, 2.24) is 15.1 Å². The highest BCUT2D eigenvalue weighted by Crippen LogP contribution is 2.24. The minimum atomic E-state index is -0.583.